The van der Waals surface area contributed by atoms with E-state index in [-0.39, 0.29) is 18.8 Å². The number of imide groups is 1. The fourth-order valence-corrected chi connectivity index (χ4v) is 2.48. The van der Waals surface area contributed by atoms with E-state index in [0.29, 0.717) is 5.69 Å². The summed E-state index contributed by atoms with van der Waals surface area (Å²) >= 11 is 0. The van der Waals surface area contributed by atoms with Gasteiger partial charge in [-0.1, -0.05) is 12.1 Å². The number of anilines is 1. The van der Waals surface area contributed by atoms with Crippen LogP contribution in [0.3, 0.4) is 0 Å². The van der Waals surface area contributed by atoms with Gasteiger partial charge in [0.2, 0.25) is 0 Å². The van der Waals surface area contributed by atoms with Crippen LogP contribution in [0.4, 0.5) is 5.69 Å². The minimum absolute atomic E-state index is 0.00555. The molecule has 0 atom stereocenters. The van der Waals surface area contributed by atoms with Gasteiger partial charge in [0.1, 0.15) is 5.70 Å². The number of hydrogen-bond donors (Lipinski definition) is 2. The first kappa shape index (κ1) is 15.0. The lowest BCUT2D eigenvalue weighted by atomic mass is 10.1. The van der Waals surface area contributed by atoms with E-state index in [4.69, 9.17) is 5.11 Å². The first-order valence-corrected chi connectivity index (χ1v) is 7.14. The van der Waals surface area contributed by atoms with Crippen molar-refractivity contribution in [2.75, 3.05) is 18.5 Å². The Labute approximate surface area is 132 Å². The topological polar surface area (TPSA) is 87.5 Å². The lowest BCUT2D eigenvalue weighted by molar-refractivity contribution is -0.137. The van der Waals surface area contributed by atoms with Crippen molar-refractivity contribution in [1.82, 2.24) is 14.7 Å². The predicted octanol–water partition coefficient (Wildman–Crippen LogP) is 0.744. The Morgan fingerprint density at radius 1 is 1.26 bits per heavy atom. The summed E-state index contributed by atoms with van der Waals surface area (Å²) in [6, 6.07) is 9.39. The summed E-state index contributed by atoms with van der Waals surface area (Å²) in [5.41, 5.74) is 2.78. The summed E-state index contributed by atoms with van der Waals surface area (Å²) in [7, 11) is 1.85. The molecule has 2 N–H and O–H groups in total. The monoisotopic (exact) mass is 312 g/mol. The smallest absolute Gasteiger partial charge is 0.277 e. The number of carbonyl (C=O) groups is 2. The van der Waals surface area contributed by atoms with Crippen LogP contribution < -0.4 is 5.32 Å². The zero-order chi connectivity index (χ0) is 16.4. The molecule has 0 unspecified atom stereocenters. The molecule has 2 heterocycles. The third kappa shape index (κ3) is 2.86. The average molecular weight is 312 g/mol. The van der Waals surface area contributed by atoms with Gasteiger partial charge in [0.05, 0.1) is 18.8 Å². The molecule has 3 rings (SSSR count). The molecule has 7 nitrogen and oxygen atoms in total. The highest BCUT2D eigenvalue weighted by Gasteiger charge is 2.30. The molecule has 0 aliphatic carbocycles. The average Bonchev–Trinajstić information content (AvgIpc) is 3.07. The molecule has 0 bridgehead atoms. The molecule has 118 valence electrons. The third-order valence-corrected chi connectivity index (χ3v) is 3.59. The molecule has 1 aromatic heterocycles. The molecular weight excluding hydrogens is 296 g/mol. The van der Waals surface area contributed by atoms with Gasteiger partial charge in [-0.05, 0) is 18.2 Å². The van der Waals surface area contributed by atoms with Gasteiger partial charge in [-0.3, -0.25) is 19.2 Å². The van der Waals surface area contributed by atoms with Crippen LogP contribution in [0, 0.1) is 0 Å². The van der Waals surface area contributed by atoms with Crippen molar-refractivity contribution >= 4 is 17.5 Å². The van der Waals surface area contributed by atoms with Crippen molar-refractivity contribution in [3.8, 4) is 11.3 Å². The van der Waals surface area contributed by atoms with Crippen LogP contribution in [0.25, 0.3) is 11.3 Å². The van der Waals surface area contributed by atoms with Gasteiger partial charge in [0, 0.05) is 30.6 Å². The van der Waals surface area contributed by atoms with Crippen LogP contribution in [-0.2, 0) is 16.6 Å². The van der Waals surface area contributed by atoms with E-state index in [2.05, 4.69) is 10.4 Å². The summed E-state index contributed by atoms with van der Waals surface area (Å²) in [6.07, 6.45) is 2.96. The second kappa shape index (κ2) is 6.05. The predicted molar refractivity (Wildman–Crippen MR) is 84.2 cm³/mol. The van der Waals surface area contributed by atoms with Gasteiger partial charge in [-0.2, -0.15) is 5.10 Å². The normalized spacial score (nSPS) is 14.3. The minimum atomic E-state index is -0.435. The first-order valence-electron chi connectivity index (χ1n) is 7.14. The Morgan fingerprint density at radius 3 is 2.78 bits per heavy atom. The number of aromatic nitrogens is 2. The van der Waals surface area contributed by atoms with E-state index in [9.17, 15) is 9.59 Å². The summed E-state index contributed by atoms with van der Waals surface area (Å²) in [4.78, 5) is 24.9. The molecule has 7 heteroatoms. The minimum Gasteiger partial charge on any atom is -0.395 e. The van der Waals surface area contributed by atoms with E-state index >= 15 is 0 Å². The molecule has 0 spiro atoms. The van der Waals surface area contributed by atoms with Crippen molar-refractivity contribution in [3.63, 3.8) is 0 Å². The second-order valence-corrected chi connectivity index (χ2v) is 5.12. The number of β-amino-alcohol motifs (C(OH)–C–C–N with tert-alkyl or cyclic N) is 1. The fourth-order valence-electron chi connectivity index (χ4n) is 2.48. The summed E-state index contributed by atoms with van der Waals surface area (Å²) < 4.78 is 1.76. The highest BCUT2D eigenvalue weighted by molar-refractivity contribution is 6.17. The molecule has 1 aliphatic heterocycles. The van der Waals surface area contributed by atoms with Gasteiger partial charge < -0.3 is 10.4 Å². The number of aliphatic hydroxyl groups is 1. The Morgan fingerprint density at radius 2 is 2.09 bits per heavy atom. The maximum Gasteiger partial charge on any atom is 0.277 e. The molecule has 0 saturated carbocycles. The van der Waals surface area contributed by atoms with Crippen LogP contribution in [0.2, 0.25) is 0 Å². The van der Waals surface area contributed by atoms with E-state index < -0.39 is 11.8 Å². The van der Waals surface area contributed by atoms with Gasteiger partial charge in [0.15, 0.2) is 0 Å². The number of aryl methyl sites for hydroxylation is 1. The summed E-state index contributed by atoms with van der Waals surface area (Å²) in [6.45, 7) is -0.261. The number of nitrogens with one attached hydrogen (secondary N) is 1. The Hall–Kier alpha value is -2.93. The summed E-state index contributed by atoms with van der Waals surface area (Å²) in [5, 5.41) is 16.0. The van der Waals surface area contributed by atoms with Crippen molar-refractivity contribution in [1.29, 1.82) is 0 Å². The van der Waals surface area contributed by atoms with Gasteiger partial charge in [-0.15, -0.1) is 0 Å². The number of carbonyl (C=O) groups excluding carboxylic acids is 2. The number of amides is 2. The molecular formula is C16H16N4O3. The lowest BCUT2D eigenvalue weighted by Crippen LogP contribution is -2.34. The van der Waals surface area contributed by atoms with E-state index in [1.54, 1.807) is 10.9 Å². The van der Waals surface area contributed by atoms with Crippen molar-refractivity contribution in [3.05, 3.63) is 48.3 Å². The Kier molecular flexibility index (Phi) is 3.94. The largest absolute Gasteiger partial charge is 0.395 e. The Bertz CT molecular complexity index is 794. The molecule has 0 saturated heterocycles. The van der Waals surface area contributed by atoms with Crippen molar-refractivity contribution in [2.45, 2.75) is 0 Å². The van der Waals surface area contributed by atoms with Crippen molar-refractivity contribution < 1.29 is 14.7 Å². The van der Waals surface area contributed by atoms with Crippen molar-refractivity contribution in [2.24, 2.45) is 7.05 Å². The van der Waals surface area contributed by atoms with Crippen LogP contribution in [0.1, 0.15) is 0 Å². The zero-order valence-electron chi connectivity index (χ0n) is 12.6. The first-order chi connectivity index (χ1) is 11.1. The quantitative estimate of drug-likeness (QED) is 0.795. The van der Waals surface area contributed by atoms with Crippen LogP contribution >= 0.6 is 0 Å². The van der Waals surface area contributed by atoms with Gasteiger partial charge in [-0.25, -0.2) is 0 Å². The van der Waals surface area contributed by atoms with Crippen LogP contribution in [0.5, 0.6) is 0 Å². The highest BCUT2D eigenvalue weighted by Crippen LogP contribution is 2.24. The molecule has 0 fully saturated rings. The van der Waals surface area contributed by atoms with Crippen LogP contribution in [-0.4, -0.2) is 44.8 Å². The summed E-state index contributed by atoms with van der Waals surface area (Å²) in [5.74, 6) is -0.857. The molecule has 1 aromatic carbocycles. The number of nitrogens with zero attached hydrogens (tertiary/aromatic N) is 3. The zero-order valence-corrected chi connectivity index (χ0v) is 12.6. The molecule has 1 aliphatic rings. The molecule has 2 amide bonds. The number of aliphatic hydroxyl groups excluding tert-OH is 1. The van der Waals surface area contributed by atoms with E-state index in [0.717, 1.165) is 16.2 Å². The Balaban J connectivity index is 1.82. The van der Waals surface area contributed by atoms with Crippen LogP contribution in [0.15, 0.2) is 48.3 Å². The van der Waals surface area contributed by atoms with E-state index in [1.165, 1.54) is 6.08 Å². The second-order valence-electron chi connectivity index (χ2n) is 5.12. The SMILES string of the molecule is Cn1nccc1-c1cccc(NC2=CC(=O)N(CCO)C2=O)c1. The molecule has 0 radical (unpaired) electrons. The standard InChI is InChI=1S/C16H16N4O3/c1-19-14(5-6-17-19)11-3-2-4-12(9-11)18-13-10-15(22)20(7-8-21)16(13)23/h2-6,9-10,18,21H,7-8H2,1H3. The van der Waals surface area contributed by atoms with E-state index in [1.807, 2.05) is 37.4 Å². The number of rotatable bonds is 5. The maximum absolute atomic E-state index is 12.1. The lowest BCUT2D eigenvalue weighted by Gasteiger charge is -2.13. The molecule has 2 aromatic rings. The fraction of sp³-hybridized carbons (Fsp3) is 0.188. The third-order valence-electron chi connectivity index (χ3n) is 3.59. The van der Waals surface area contributed by atoms with Gasteiger partial charge in [0.25, 0.3) is 11.8 Å². The highest BCUT2D eigenvalue weighted by atomic mass is 16.3. The van der Waals surface area contributed by atoms with Gasteiger partial charge >= 0.3 is 0 Å². The maximum atomic E-state index is 12.1. The number of benzene rings is 1. The number of hydrogen-bond acceptors (Lipinski definition) is 5. The molecule has 23 heavy (non-hydrogen) atoms.